The van der Waals surface area contributed by atoms with Gasteiger partial charge in [-0.2, -0.15) is 0 Å². The zero-order valence-electron chi connectivity index (χ0n) is 14.4. The van der Waals surface area contributed by atoms with Gasteiger partial charge < -0.3 is 0 Å². The van der Waals surface area contributed by atoms with Gasteiger partial charge in [-0.05, 0) is 67.4 Å². The van der Waals surface area contributed by atoms with Crippen molar-refractivity contribution in [2.45, 2.75) is 44.9 Å². The van der Waals surface area contributed by atoms with Crippen molar-refractivity contribution < 1.29 is 4.92 Å². The van der Waals surface area contributed by atoms with Crippen molar-refractivity contribution in [3.8, 4) is 0 Å². The zero-order valence-corrected chi connectivity index (χ0v) is 14.4. The number of rotatable bonds is 5. The molecule has 0 saturated heterocycles. The minimum absolute atomic E-state index is 0.136. The molecule has 0 spiro atoms. The first-order valence-electron chi connectivity index (χ1n) is 8.99. The van der Waals surface area contributed by atoms with E-state index in [1.807, 2.05) is 18.2 Å². The summed E-state index contributed by atoms with van der Waals surface area (Å²) in [6.45, 7) is 0. The molecule has 1 aliphatic carbocycles. The Kier molecular flexibility index (Phi) is 5.81. The summed E-state index contributed by atoms with van der Waals surface area (Å²) in [5, 5.41) is 10.9. The first kappa shape index (κ1) is 17.2. The molecule has 2 aromatic carbocycles. The molecule has 128 valence electrons. The van der Waals surface area contributed by atoms with E-state index < -0.39 is 0 Å². The highest BCUT2D eigenvalue weighted by Crippen LogP contribution is 2.27. The molecule has 3 nitrogen and oxygen atoms in total. The molecule has 1 aliphatic rings. The number of benzene rings is 2. The van der Waals surface area contributed by atoms with Crippen molar-refractivity contribution in [3.63, 3.8) is 0 Å². The maximum Gasteiger partial charge on any atom is 0.269 e. The highest BCUT2D eigenvalue weighted by Gasteiger charge is 2.09. The highest BCUT2D eigenvalue weighted by atomic mass is 16.6. The van der Waals surface area contributed by atoms with E-state index in [-0.39, 0.29) is 10.6 Å². The average Bonchev–Trinajstić information content (AvgIpc) is 2.67. The molecule has 0 unspecified atom stereocenters. The first-order chi connectivity index (χ1) is 12.2. The number of nitro groups is 1. The van der Waals surface area contributed by atoms with E-state index in [1.54, 1.807) is 12.1 Å². The molecular formula is C22H23NO2. The molecule has 0 aromatic heterocycles. The maximum absolute atomic E-state index is 10.9. The second-order valence-electron chi connectivity index (χ2n) is 6.56. The van der Waals surface area contributed by atoms with Gasteiger partial charge in [-0.1, -0.05) is 36.8 Å². The third-order valence-electron chi connectivity index (χ3n) is 4.72. The SMILES string of the molecule is O=[N+]([O-])c1ccc(C(=C=C2CCCCC2)CCc2ccccc2)cc1. The lowest BCUT2D eigenvalue weighted by Gasteiger charge is -2.12. The third kappa shape index (κ3) is 4.91. The predicted octanol–water partition coefficient (Wildman–Crippen LogP) is 6.10. The standard InChI is InChI=1S/C22H23NO2/c24-23(25)22-15-13-20(14-16-22)21(17-19-9-5-2-6-10-19)12-11-18-7-3-1-4-8-18/h1,3-4,7-8,13-16H,2,5-6,9-12H2. The van der Waals surface area contributed by atoms with E-state index in [0.717, 1.165) is 36.8 Å². The zero-order chi connectivity index (χ0) is 17.5. The van der Waals surface area contributed by atoms with Gasteiger partial charge in [0.15, 0.2) is 0 Å². The Balaban J connectivity index is 1.88. The Bertz CT molecular complexity index is 777. The summed E-state index contributed by atoms with van der Waals surface area (Å²) >= 11 is 0. The molecule has 0 radical (unpaired) electrons. The van der Waals surface area contributed by atoms with Crippen molar-refractivity contribution >= 4 is 11.3 Å². The maximum atomic E-state index is 10.9. The number of non-ortho nitro benzene ring substituents is 1. The minimum atomic E-state index is -0.350. The molecule has 0 aliphatic heterocycles. The van der Waals surface area contributed by atoms with E-state index in [4.69, 9.17) is 0 Å². The molecule has 2 aromatic rings. The van der Waals surface area contributed by atoms with Crippen LogP contribution in [0.1, 0.15) is 49.7 Å². The van der Waals surface area contributed by atoms with Gasteiger partial charge in [-0.15, -0.1) is 5.73 Å². The van der Waals surface area contributed by atoms with Crippen LogP contribution in [0.15, 0.2) is 65.9 Å². The summed E-state index contributed by atoms with van der Waals surface area (Å²) in [6, 6.07) is 17.3. The van der Waals surface area contributed by atoms with Gasteiger partial charge in [0.25, 0.3) is 5.69 Å². The van der Waals surface area contributed by atoms with Crippen molar-refractivity contribution in [1.82, 2.24) is 0 Å². The van der Waals surface area contributed by atoms with E-state index in [9.17, 15) is 10.1 Å². The van der Waals surface area contributed by atoms with Crippen LogP contribution in [0.2, 0.25) is 0 Å². The molecule has 1 saturated carbocycles. The summed E-state index contributed by atoms with van der Waals surface area (Å²) in [5.74, 6) is 0. The largest absolute Gasteiger partial charge is 0.269 e. The molecule has 3 rings (SSSR count). The van der Waals surface area contributed by atoms with Gasteiger partial charge in [0.2, 0.25) is 0 Å². The summed E-state index contributed by atoms with van der Waals surface area (Å²) in [4.78, 5) is 10.5. The summed E-state index contributed by atoms with van der Waals surface area (Å²) in [7, 11) is 0. The lowest BCUT2D eigenvalue weighted by atomic mass is 9.92. The van der Waals surface area contributed by atoms with Crippen molar-refractivity contribution in [1.29, 1.82) is 0 Å². The number of nitro benzene ring substituents is 1. The molecule has 25 heavy (non-hydrogen) atoms. The lowest BCUT2D eigenvalue weighted by molar-refractivity contribution is -0.384. The Morgan fingerprint density at radius 1 is 0.960 bits per heavy atom. The van der Waals surface area contributed by atoms with Crippen LogP contribution >= 0.6 is 0 Å². The van der Waals surface area contributed by atoms with Crippen molar-refractivity contribution in [3.05, 3.63) is 87.1 Å². The lowest BCUT2D eigenvalue weighted by Crippen LogP contribution is -1.95. The molecule has 0 bridgehead atoms. The summed E-state index contributed by atoms with van der Waals surface area (Å²) in [6.07, 6.45) is 7.90. The van der Waals surface area contributed by atoms with Crippen LogP contribution in [0.25, 0.3) is 5.57 Å². The fourth-order valence-electron chi connectivity index (χ4n) is 3.29. The number of hydrogen-bond donors (Lipinski definition) is 0. The van der Waals surface area contributed by atoms with E-state index in [2.05, 4.69) is 30.0 Å². The van der Waals surface area contributed by atoms with E-state index >= 15 is 0 Å². The molecule has 0 atom stereocenters. The van der Waals surface area contributed by atoms with Crippen LogP contribution in [0.3, 0.4) is 0 Å². The fourth-order valence-corrected chi connectivity index (χ4v) is 3.29. The van der Waals surface area contributed by atoms with Gasteiger partial charge in [-0.3, -0.25) is 10.1 Å². The van der Waals surface area contributed by atoms with Crippen LogP contribution in [0.4, 0.5) is 5.69 Å². The average molecular weight is 333 g/mol. The van der Waals surface area contributed by atoms with E-state index in [1.165, 1.54) is 30.4 Å². The van der Waals surface area contributed by atoms with Crippen LogP contribution in [-0.4, -0.2) is 4.92 Å². The quantitative estimate of drug-likeness (QED) is 0.377. The number of aryl methyl sites for hydroxylation is 1. The van der Waals surface area contributed by atoms with Crippen LogP contribution in [0, 0.1) is 10.1 Å². The monoisotopic (exact) mass is 333 g/mol. The van der Waals surface area contributed by atoms with Crippen LogP contribution in [-0.2, 0) is 6.42 Å². The second kappa shape index (κ2) is 8.46. The van der Waals surface area contributed by atoms with Gasteiger partial charge in [0.1, 0.15) is 0 Å². The smallest absolute Gasteiger partial charge is 0.258 e. The molecule has 1 fully saturated rings. The van der Waals surface area contributed by atoms with Gasteiger partial charge in [0, 0.05) is 17.7 Å². The van der Waals surface area contributed by atoms with Gasteiger partial charge in [-0.25, -0.2) is 0 Å². The van der Waals surface area contributed by atoms with Crippen molar-refractivity contribution in [2.24, 2.45) is 0 Å². The van der Waals surface area contributed by atoms with Crippen molar-refractivity contribution in [2.75, 3.05) is 0 Å². The first-order valence-corrected chi connectivity index (χ1v) is 8.99. The Labute approximate surface area is 148 Å². The molecule has 0 heterocycles. The topological polar surface area (TPSA) is 43.1 Å². The number of nitrogens with zero attached hydrogens (tertiary/aromatic N) is 1. The molecule has 3 heteroatoms. The van der Waals surface area contributed by atoms with Crippen LogP contribution < -0.4 is 0 Å². The Morgan fingerprint density at radius 3 is 2.28 bits per heavy atom. The minimum Gasteiger partial charge on any atom is -0.258 e. The van der Waals surface area contributed by atoms with Gasteiger partial charge in [0.05, 0.1) is 4.92 Å². The highest BCUT2D eigenvalue weighted by molar-refractivity contribution is 5.66. The number of allylic oxidation sites excluding steroid dienone is 1. The molecule has 0 N–H and O–H groups in total. The van der Waals surface area contributed by atoms with E-state index in [0.29, 0.717) is 0 Å². The fraction of sp³-hybridized carbons (Fsp3) is 0.318. The molecular weight excluding hydrogens is 310 g/mol. The Hall–Kier alpha value is -2.64. The van der Waals surface area contributed by atoms with Gasteiger partial charge >= 0.3 is 0 Å². The summed E-state index contributed by atoms with van der Waals surface area (Å²) in [5.41, 5.74) is 8.69. The second-order valence-corrected chi connectivity index (χ2v) is 6.56. The van der Waals surface area contributed by atoms with Crippen LogP contribution in [0.5, 0.6) is 0 Å². The summed E-state index contributed by atoms with van der Waals surface area (Å²) < 4.78 is 0. The molecule has 0 amide bonds. The number of hydrogen-bond acceptors (Lipinski definition) is 2. The normalized spacial score (nSPS) is 14.0. The predicted molar refractivity (Wildman–Crippen MR) is 101 cm³/mol. The third-order valence-corrected chi connectivity index (χ3v) is 4.72. The Morgan fingerprint density at radius 2 is 1.64 bits per heavy atom.